The maximum absolute atomic E-state index is 10.3. The summed E-state index contributed by atoms with van der Waals surface area (Å²) in [5, 5.41) is 20.6. The van der Waals surface area contributed by atoms with Gasteiger partial charge < -0.3 is 29.2 Å². The van der Waals surface area contributed by atoms with Gasteiger partial charge in [0.05, 0.1) is 13.2 Å². The fourth-order valence-corrected chi connectivity index (χ4v) is 6.37. The zero-order valence-electron chi connectivity index (χ0n) is 33.0. The summed E-state index contributed by atoms with van der Waals surface area (Å²) in [5.41, 5.74) is 0. The van der Waals surface area contributed by atoms with Crippen LogP contribution in [0.15, 0.2) is 24.3 Å². The average molecular weight is 707 g/mol. The van der Waals surface area contributed by atoms with Gasteiger partial charge in [-0.2, -0.15) is 0 Å². The molecule has 2 atom stereocenters. The summed E-state index contributed by atoms with van der Waals surface area (Å²) in [6, 6.07) is 7.31. The molecule has 6 nitrogen and oxygen atoms in total. The van der Waals surface area contributed by atoms with Gasteiger partial charge in [-0.25, -0.2) is 0 Å². The molecule has 0 aliphatic rings. The van der Waals surface area contributed by atoms with E-state index < -0.39 is 12.2 Å². The van der Waals surface area contributed by atoms with Gasteiger partial charge in [-0.05, 0) is 25.0 Å². The van der Waals surface area contributed by atoms with E-state index in [1.807, 2.05) is 18.2 Å². The van der Waals surface area contributed by atoms with Crippen molar-refractivity contribution in [2.45, 2.75) is 206 Å². The molecule has 0 radical (unpaired) electrons. The van der Waals surface area contributed by atoms with Crippen LogP contribution < -0.4 is 9.47 Å². The van der Waals surface area contributed by atoms with E-state index in [0.29, 0.717) is 24.7 Å². The predicted molar refractivity (Wildman–Crippen MR) is 212 cm³/mol. The summed E-state index contributed by atoms with van der Waals surface area (Å²) < 4.78 is 22.9. The van der Waals surface area contributed by atoms with Crippen molar-refractivity contribution in [3.8, 4) is 11.5 Å². The fraction of sp³-hybridized carbons (Fsp3) is 0.864. The fourth-order valence-electron chi connectivity index (χ4n) is 6.37. The van der Waals surface area contributed by atoms with Crippen molar-refractivity contribution in [2.75, 3.05) is 39.6 Å². The molecule has 1 aromatic rings. The Bertz CT molecular complexity index is 743. The number of aliphatic hydroxyl groups excluding tert-OH is 2. The van der Waals surface area contributed by atoms with Gasteiger partial charge in [0.15, 0.2) is 0 Å². The van der Waals surface area contributed by atoms with Crippen LogP contribution in [-0.2, 0) is 9.47 Å². The van der Waals surface area contributed by atoms with E-state index in [1.54, 1.807) is 6.07 Å². The summed E-state index contributed by atoms with van der Waals surface area (Å²) in [6.45, 7) is 6.81. The number of ether oxygens (including phenoxy) is 4. The van der Waals surface area contributed by atoms with E-state index in [1.165, 1.54) is 167 Å². The van der Waals surface area contributed by atoms with Crippen LogP contribution in [0.3, 0.4) is 0 Å². The number of hydrogen-bond donors (Lipinski definition) is 2. The molecule has 0 heterocycles. The number of benzene rings is 1. The quantitative estimate of drug-likeness (QED) is 0.0662. The Morgan fingerprint density at radius 1 is 0.400 bits per heavy atom. The summed E-state index contributed by atoms with van der Waals surface area (Å²) in [4.78, 5) is 0. The summed E-state index contributed by atoms with van der Waals surface area (Å²) in [5.74, 6) is 1.24. The highest BCUT2D eigenvalue weighted by Gasteiger charge is 2.09. The molecule has 294 valence electrons. The molecule has 50 heavy (non-hydrogen) atoms. The number of unbranched alkanes of at least 4 members (excludes halogenated alkanes) is 26. The van der Waals surface area contributed by atoms with Crippen molar-refractivity contribution in [2.24, 2.45) is 0 Å². The lowest BCUT2D eigenvalue weighted by molar-refractivity contribution is 0.00955. The van der Waals surface area contributed by atoms with Crippen molar-refractivity contribution in [1.82, 2.24) is 0 Å². The van der Waals surface area contributed by atoms with Gasteiger partial charge in [-0.15, -0.1) is 0 Å². The molecule has 0 amide bonds. The van der Waals surface area contributed by atoms with Crippen LogP contribution in [0.5, 0.6) is 11.5 Å². The third-order valence-electron chi connectivity index (χ3n) is 9.60. The monoisotopic (exact) mass is 707 g/mol. The molecule has 0 saturated heterocycles. The highest BCUT2D eigenvalue weighted by molar-refractivity contribution is 5.33. The van der Waals surface area contributed by atoms with Gasteiger partial charge in [0.25, 0.3) is 0 Å². The molecule has 0 saturated carbocycles. The Hall–Kier alpha value is -1.34. The molecule has 1 aromatic carbocycles. The lowest BCUT2D eigenvalue weighted by atomic mass is 10.0. The van der Waals surface area contributed by atoms with Crippen LogP contribution in [0.4, 0.5) is 0 Å². The Morgan fingerprint density at radius 2 is 0.680 bits per heavy atom. The standard InChI is InChI=1S/C44H82O6/c1-3-5-7-9-11-13-15-17-19-21-23-25-27-29-34-47-37-41(45)39-49-43-32-31-33-44(36-43)50-40-42(46)38-48-35-30-28-26-24-22-20-18-16-14-12-10-8-6-4-2/h31-33,36,41-42,45-46H,3-30,34-35,37-40H2,1-2H3. The molecule has 2 unspecified atom stereocenters. The van der Waals surface area contributed by atoms with Crippen LogP contribution in [-0.4, -0.2) is 62.1 Å². The van der Waals surface area contributed by atoms with Crippen molar-refractivity contribution in [3.63, 3.8) is 0 Å². The van der Waals surface area contributed by atoms with E-state index in [-0.39, 0.29) is 26.4 Å². The maximum Gasteiger partial charge on any atom is 0.123 e. The van der Waals surface area contributed by atoms with Crippen LogP contribution in [0.1, 0.15) is 194 Å². The second kappa shape index (κ2) is 37.4. The number of rotatable bonds is 40. The molecular weight excluding hydrogens is 624 g/mol. The van der Waals surface area contributed by atoms with Crippen LogP contribution >= 0.6 is 0 Å². The van der Waals surface area contributed by atoms with Gasteiger partial charge in [0.2, 0.25) is 0 Å². The number of aliphatic hydroxyl groups is 2. The summed E-state index contributed by atoms with van der Waals surface area (Å²) >= 11 is 0. The van der Waals surface area contributed by atoms with E-state index in [0.717, 1.165) is 12.8 Å². The van der Waals surface area contributed by atoms with Crippen LogP contribution in [0.2, 0.25) is 0 Å². The molecule has 6 heteroatoms. The van der Waals surface area contributed by atoms with Gasteiger partial charge >= 0.3 is 0 Å². The first-order valence-electron chi connectivity index (χ1n) is 21.5. The van der Waals surface area contributed by atoms with E-state index in [2.05, 4.69) is 13.8 Å². The Morgan fingerprint density at radius 3 is 0.980 bits per heavy atom. The second-order valence-electron chi connectivity index (χ2n) is 14.7. The molecular formula is C44H82O6. The third kappa shape index (κ3) is 32.6. The van der Waals surface area contributed by atoms with Gasteiger partial charge in [0, 0.05) is 19.3 Å². The molecule has 1 rings (SSSR count). The second-order valence-corrected chi connectivity index (χ2v) is 14.7. The van der Waals surface area contributed by atoms with Crippen molar-refractivity contribution in [3.05, 3.63) is 24.3 Å². The minimum Gasteiger partial charge on any atom is -0.491 e. The average Bonchev–Trinajstić information content (AvgIpc) is 3.13. The van der Waals surface area contributed by atoms with Crippen molar-refractivity contribution >= 4 is 0 Å². The first kappa shape index (κ1) is 46.7. The minimum atomic E-state index is -0.676. The first-order chi connectivity index (χ1) is 24.7. The molecule has 0 fully saturated rings. The minimum absolute atomic E-state index is 0.165. The number of hydrogen-bond acceptors (Lipinski definition) is 6. The summed E-state index contributed by atoms with van der Waals surface area (Å²) in [7, 11) is 0. The topological polar surface area (TPSA) is 77.4 Å². The Kier molecular flexibility index (Phi) is 34.9. The van der Waals surface area contributed by atoms with Crippen molar-refractivity contribution in [1.29, 1.82) is 0 Å². The molecule has 0 bridgehead atoms. The largest absolute Gasteiger partial charge is 0.491 e. The molecule has 0 aliphatic carbocycles. The first-order valence-corrected chi connectivity index (χ1v) is 21.5. The molecule has 0 aliphatic heterocycles. The smallest absolute Gasteiger partial charge is 0.123 e. The van der Waals surface area contributed by atoms with Gasteiger partial charge in [-0.3, -0.25) is 0 Å². The lowest BCUT2D eigenvalue weighted by Gasteiger charge is -2.15. The van der Waals surface area contributed by atoms with E-state index in [4.69, 9.17) is 18.9 Å². The van der Waals surface area contributed by atoms with Crippen LogP contribution in [0.25, 0.3) is 0 Å². The third-order valence-corrected chi connectivity index (χ3v) is 9.60. The van der Waals surface area contributed by atoms with E-state index >= 15 is 0 Å². The SMILES string of the molecule is CCCCCCCCCCCCCCCCOCC(O)COc1cccc(OCC(O)COCCCCCCCCCCCCCCCC)c1. The molecule has 2 N–H and O–H groups in total. The molecule has 0 aromatic heterocycles. The summed E-state index contributed by atoms with van der Waals surface area (Å²) in [6.07, 6.45) is 36.2. The van der Waals surface area contributed by atoms with Crippen molar-refractivity contribution < 1.29 is 29.2 Å². The Balaban J connectivity index is 1.92. The maximum atomic E-state index is 10.3. The zero-order valence-corrected chi connectivity index (χ0v) is 33.0. The Labute approximate surface area is 309 Å². The normalized spacial score (nSPS) is 12.7. The zero-order chi connectivity index (χ0) is 36.0. The van der Waals surface area contributed by atoms with Gasteiger partial charge in [-0.1, -0.05) is 187 Å². The molecule has 0 spiro atoms. The van der Waals surface area contributed by atoms with Gasteiger partial charge in [0.1, 0.15) is 36.9 Å². The predicted octanol–water partition coefficient (Wildman–Crippen LogP) is 12.2. The highest BCUT2D eigenvalue weighted by Crippen LogP contribution is 2.20. The van der Waals surface area contributed by atoms with E-state index in [9.17, 15) is 10.2 Å². The lowest BCUT2D eigenvalue weighted by Crippen LogP contribution is -2.24. The van der Waals surface area contributed by atoms with Crippen LogP contribution in [0, 0.1) is 0 Å². The highest BCUT2D eigenvalue weighted by atomic mass is 16.5.